The normalized spacial score (nSPS) is 20.6. The van der Waals surface area contributed by atoms with Crippen molar-refractivity contribution in [3.05, 3.63) is 29.8 Å². The Morgan fingerprint density at radius 3 is 2.56 bits per heavy atom. The first-order valence-corrected chi connectivity index (χ1v) is 9.32. The van der Waals surface area contributed by atoms with Gasteiger partial charge in [0.15, 0.2) is 0 Å². The number of hydrogen-bond donors (Lipinski definition) is 2. The van der Waals surface area contributed by atoms with Crippen molar-refractivity contribution >= 4 is 6.03 Å². The number of benzene rings is 1. The number of aliphatic hydroxyl groups excluding tert-OH is 1. The molecule has 1 atom stereocenters. The summed E-state index contributed by atoms with van der Waals surface area (Å²) in [5, 5.41) is 13.1. The molecule has 1 aromatic carbocycles. The first kappa shape index (κ1) is 18.0. The maximum Gasteiger partial charge on any atom is 0.317 e. The van der Waals surface area contributed by atoms with Crippen molar-refractivity contribution in [2.75, 3.05) is 39.3 Å². The van der Waals surface area contributed by atoms with E-state index in [1.807, 2.05) is 17.0 Å². The summed E-state index contributed by atoms with van der Waals surface area (Å²) in [5.41, 5.74) is 1.28. The maximum absolute atomic E-state index is 11.7. The summed E-state index contributed by atoms with van der Waals surface area (Å²) in [4.78, 5) is 16.0. The van der Waals surface area contributed by atoms with Crippen LogP contribution in [-0.4, -0.2) is 72.4 Å². The second-order valence-corrected chi connectivity index (χ2v) is 6.92. The van der Waals surface area contributed by atoms with Crippen LogP contribution in [0.2, 0.25) is 0 Å². The summed E-state index contributed by atoms with van der Waals surface area (Å²) in [6, 6.07) is 8.43. The third-order valence-corrected chi connectivity index (χ3v) is 5.13. The van der Waals surface area contributed by atoms with Crippen LogP contribution in [0.25, 0.3) is 0 Å². The number of urea groups is 1. The summed E-state index contributed by atoms with van der Waals surface area (Å²) < 4.78 is 5.69. The van der Waals surface area contributed by atoms with Crippen molar-refractivity contribution < 1.29 is 14.6 Å². The molecular formula is C19H29N3O3. The molecule has 3 rings (SSSR count). The average molecular weight is 347 g/mol. The van der Waals surface area contributed by atoms with Crippen LogP contribution in [0.5, 0.6) is 5.75 Å². The van der Waals surface area contributed by atoms with Gasteiger partial charge in [0.1, 0.15) is 18.5 Å². The minimum atomic E-state index is -0.502. The lowest BCUT2D eigenvalue weighted by molar-refractivity contribution is 0.0508. The molecule has 25 heavy (non-hydrogen) atoms. The van der Waals surface area contributed by atoms with E-state index in [-0.39, 0.29) is 6.03 Å². The minimum absolute atomic E-state index is 0.0703. The molecule has 138 valence electrons. The lowest BCUT2D eigenvalue weighted by Crippen LogP contribution is -2.48. The van der Waals surface area contributed by atoms with Crippen LogP contribution in [0.15, 0.2) is 24.3 Å². The van der Waals surface area contributed by atoms with Crippen LogP contribution in [-0.2, 0) is 6.42 Å². The van der Waals surface area contributed by atoms with Gasteiger partial charge in [0.05, 0.1) is 0 Å². The lowest BCUT2D eigenvalue weighted by Gasteiger charge is -2.36. The van der Waals surface area contributed by atoms with E-state index < -0.39 is 6.10 Å². The number of piperidine rings is 1. The number of β-amino-alcohol motifs (C(OH)–C–C–N with tert-alkyl or cyclic N) is 1. The SMILES string of the molecule is CCc1ccc(OC[C@H](O)CN2CCC(N3CCNC3=O)CC2)cc1. The second-order valence-electron chi connectivity index (χ2n) is 6.92. The van der Waals surface area contributed by atoms with E-state index in [4.69, 9.17) is 4.74 Å². The van der Waals surface area contributed by atoms with Gasteiger partial charge in [0.2, 0.25) is 0 Å². The molecule has 2 amide bonds. The van der Waals surface area contributed by atoms with Crippen LogP contribution in [0, 0.1) is 0 Å². The van der Waals surface area contributed by atoms with Crippen LogP contribution in [0.1, 0.15) is 25.3 Å². The van der Waals surface area contributed by atoms with Crippen molar-refractivity contribution in [1.82, 2.24) is 15.1 Å². The highest BCUT2D eigenvalue weighted by Crippen LogP contribution is 2.19. The largest absolute Gasteiger partial charge is 0.491 e. The fraction of sp³-hybridized carbons (Fsp3) is 0.632. The van der Waals surface area contributed by atoms with E-state index >= 15 is 0 Å². The van der Waals surface area contributed by atoms with Gasteiger partial charge in [-0.25, -0.2) is 4.79 Å². The van der Waals surface area contributed by atoms with Crippen LogP contribution < -0.4 is 10.1 Å². The number of hydrogen-bond acceptors (Lipinski definition) is 4. The van der Waals surface area contributed by atoms with Crippen molar-refractivity contribution in [1.29, 1.82) is 0 Å². The van der Waals surface area contributed by atoms with E-state index in [0.29, 0.717) is 19.2 Å². The Balaban J connectivity index is 1.37. The van der Waals surface area contributed by atoms with Gasteiger partial charge in [-0.3, -0.25) is 0 Å². The third-order valence-electron chi connectivity index (χ3n) is 5.13. The van der Waals surface area contributed by atoms with Gasteiger partial charge >= 0.3 is 6.03 Å². The number of nitrogens with zero attached hydrogens (tertiary/aromatic N) is 2. The molecule has 2 aliphatic heterocycles. The second kappa shape index (κ2) is 8.54. The number of rotatable bonds is 7. The highest BCUT2D eigenvalue weighted by atomic mass is 16.5. The van der Waals surface area contributed by atoms with Gasteiger partial charge in [0, 0.05) is 38.8 Å². The predicted octanol–water partition coefficient (Wildman–Crippen LogP) is 1.48. The van der Waals surface area contributed by atoms with Gasteiger partial charge in [-0.2, -0.15) is 0 Å². The highest BCUT2D eigenvalue weighted by molar-refractivity contribution is 5.76. The van der Waals surface area contributed by atoms with Gasteiger partial charge in [-0.05, 0) is 37.0 Å². The lowest BCUT2D eigenvalue weighted by atomic mass is 10.0. The van der Waals surface area contributed by atoms with Crippen LogP contribution >= 0.6 is 0 Å². The molecule has 6 nitrogen and oxygen atoms in total. The number of aliphatic hydroxyl groups is 1. The van der Waals surface area contributed by atoms with E-state index in [0.717, 1.165) is 51.2 Å². The predicted molar refractivity (Wildman–Crippen MR) is 96.9 cm³/mol. The minimum Gasteiger partial charge on any atom is -0.491 e. The molecule has 0 unspecified atom stereocenters. The number of aryl methyl sites for hydroxylation is 1. The van der Waals surface area contributed by atoms with Gasteiger partial charge < -0.3 is 25.0 Å². The zero-order valence-electron chi connectivity index (χ0n) is 15.0. The summed E-state index contributed by atoms with van der Waals surface area (Å²) in [5.74, 6) is 0.801. The molecule has 0 bridgehead atoms. The Labute approximate surface area is 149 Å². The number of amides is 2. The topological polar surface area (TPSA) is 65.0 Å². The Morgan fingerprint density at radius 1 is 1.24 bits per heavy atom. The molecule has 0 aromatic heterocycles. The van der Waals surface area contributed by atoms with Crippen LogP contribution in [0.4, 0.5) is 4.79 Å². The summed E-state index contributed by atoms with van der Waals surface area (Å²) >= 11 is 0. The van der Waals surface area contributed by atoms with Crippen molar-refractivity contribution in [3.8, 4) is 5.75 Å². The zero-order chi connectivity index (χ0) is 17.6. The monoisotopic (exact) mass is 347 g/mol. The van der Waals surface area contributed by atoms with Crippen molar-refractivity contribution in [3.63, 3.8) is 0 Å². The van der Waals surface area contributed by atoms with E-state index in [9.17, 15) is 9.90 Å². The Hall–Kier alpha value is -1.79. The molecule has 2 saturated heterocycles. The van der Waals surface area contributed by atoms with Gasteiger partial charge in [-0.15, -0.1) is 0 Å². The number of ether oxygens (including phenoxy) is 1. The first-order valence-electron chi connectivity index (χ1n) is 9.32. The quantitative estimate of drug-likeness (QED) is 0.784. The molecule has 0 radical (unpaired) electrons. The van der Waals surface area contributed by atoms with Gasteiger partial charge in [0.25, 0.3) is 0 Å². The average Bonchev–Trinajstić information content (AvgIpc) is 3.07. The van der Waals surface area contributed by atoms with E-state index in [1.165, 1.54) is 5.56 Å². The molecule has 1 aromatic rings. The smallest absolute Gasteiger partial charge is 0.317 e. The first-order chi connectivity index (χ1) is 12.2. The Morgan fingerprint density at radius 2 is 1.96 bits per heavy atom. The highest BCUT2D eigenvalue weighted by Gasteiger charge is 2.30. The van der Waals surface area contributed by atoms with E-state index in [2.05, 4.69) is 29.3 Å². The standard InChI is InChI=1S/C19H29N3O3/c1-2-15-3-5-18(6-4-15)25-14-17(23)13-21-10-7-16(8-11-21)22-12-9-20-19(22)24/h3-6,16-17,23H,2,7-14H2,1H3,(H,20,24)/t17-/m1/s1. The number of carbonyl (C=O) groups excluding carboxylic acids is 1. The van der Waals surface area contributed by atoms with Gasteiger partial charge in [-0.1, -0.05) is 19.1 Å². The molecule has 2 N–H and O–H groups in total. The number of nitrogens with one attached hydrogen (secondary N) is 1. The third kappa shape index (κ3) is 4.86. The molecule has 0 saturated carbocycles. The molecule has 2 aliphatic rings. The molecule has 0 spiro atoms. The molecule has 6 heteroatoms. The molecule has 0 aliphatic carbocycles. The van der Waals surface area contributed by atoms with Crippen molar-refractivity contribution in [2.24, 2.45) is 0 Å². The fourth-order valence-electron chi connectivity index (χ4n) is 3.61. The Bertz CT molecular complexity index is 556. The molecular weight excluding hydrogens is 318 g/mol. The van der Waals surface area contributed by atoms with E-state index in [1.54, 1.807) is 0 Å². The van der Waals surface area contributed by atoms with Crippen molar-refractivity contribution in [2.45, 2.75) is 38.3 Å². The summed E-state index contributed by atoms with van der Waals surface area (Å²) in [7, 11) is 0. The number of likely N-dealkylation sites (tertiary alicyclic amines) is 1. The molecule has 2 fully saturated rings. The fourth-order valence-corrected chi connectivity index (χ4v) is 3.61. The van der Waals surface area contributed by atoms with Crippen LogP contribution in [0.3, 0.4) is 0 Å². The maximum atomic E-state index is 11.7. The number of carbonyl (C=O) groups is 1. The summed E-state index contributed by atoms with van der Waals surface area (Å²) in [6.45, 7) is 6.45. The Kier molecular flexibility index (Phi) is 6.15. The zero-order valence-corrected chi connectivity index (χ0v) is 15.0. The summed E-state index contributed by atoms with van der Waals surface area (Å²) in [6.07, 6.45) is 2.45. The molecule has 2 heterocycles.